The first-order chi connectivity index (χ1) is 10.4. The van der Waals surface area contributed by atoms with Crippen LogP contribution in [0.2, 0.25) is 0 Å². The fourth-order valence-corrected chi connectivity index (χ4v) is 2.63. The van der Waals surface area contributed by atoms with Crippen LogP contribution in [0.15, 0.2) is 18.2 Å². The zero-order chi connectivity index (χ0) is 16.3. The minimum Gasteiger partial charge on any atom is -0.358 e. The van der Waals surface area contributed by atoms with Gasteiger partial charge in [0.25, 0.3) is 0 Å². The second-order valence-electron chi connectivity index (χ2n) is 5.87. The number of aromatic nitrogens is 1. The van der Waals surface area contributed by atoms with E-state index in [0.717, 1.165) is 28.7 Å². The normalized spacial score (nSPS) is 11.4. The highest BCUT2D eigenvalue weighted by molar-refractivity contribution is 5.90. The van der Waals surface area contributed by atoms with Gasteiger partial charge in [0, 0.05) is 36.2 Å². The number of likely N-dealkylation sites (N-methyl/N-ethyl adjacent to an activating group) is 2. The maximum absolute atomic E-state index is 13.5. The van der Waals surface area contributed by atoms with E-state index < -0.39 is 0 Å². The maximum atomic E-state index is 13.5. The van der Waals surface area contributed by atoms with Gasteiger partial charge < -0.3 is 14.8 Å². The van der Waals surface area contributed by atoms with Crippen LogP contribution in [-0.4, -0.2) is 54.4 Å². The van der Waals surface area contributed by atoms with E-state index in [1.165, 1.54) is 12.1 Å². The number of hydrogen-bond donors (Lipinski definition) is 1. The van der Waals surface area contributed by atoms with Gasteiger partial charge in [-0.2, -0.15) is 0 Å². The van der Waals surface area contributed by atoms with E-state index in [2.05, 4.69) is 9.88 Å². The molecule has 0 spiro atoms. The number of aromatic amines is 1. The Kier molecular flexibility index (Phi) is 5.19. The third-order valence-electron chi connectivity index (χ3n) is 3.96. The number of nitrogens with one attached hydrogen (secondary N) is 1. The fraction of sp³-hybridized carbons (Fsp3) is 0.471. The average Bonchev–Trinajstić information content (AvgIpc) is 2.75. The molecule has 22 heavy (non-hydrogen) atoms. The third-order valence-corrected chi connectivity index (χ3v) is 3.96. The molecule has 4 nitrogen and oxygen atoms in total. The molecule has 0 fully saturated rings. The minimum absolute atomic E-state index is 0.0811. The summed E-state index contributed by atoms with van der Waals surface area (Å²) in [6.07, 6.45) is 0.302. The van der Waals surface area contributed by atoms with E-state index in [1.807, 2.05) is 32.8 Å². The number of nitrogens with zero attached hydrogens (tertiary/aromatic N) is 2. The lowest BCUT2D eigenvalue weighted by Crippen LogP contribution is -2.37. The molecule has 0 saturated heterocycles. The Morgan fingerprint density at radius 3 is 2.64 bits per heavy atom. The minimum atomic E-state index is -0.278. The molecule has 120 valence electrons. The van der Waals surface area contributed by atoms with Crippen LogP contribution >= 0.6 is 0 Å². The lowest BCUT2D eigenvalue weighted by atomic mass is 10.1. The van der Waals surface area contributed by atoms with Crippen LogP contribution < -0.4 is 0 Å². The summed E-state index contributed by atoms with van der Waals surface area (Å²) in [7, 11) is 3.98. The summed E-state index contributed by atoms with van der Waals surface area (Å²) in [6, 6.07) is 4.64. The van der Waals surface area contributed by atoms with E-state index in [0.29, 0.717) is 19.5 Å². The number of benzene rings is 1. The van der Waals surface area contributed by atoms with Gasteiger partial charge in [-0.25, -0.2) is 4.39 Å². The topological polar surface area (TPSA) is 39.3 Å². The number of amides is 1. The Morgan fingerprint density at radius 1 is 1.27 bits per heavy atom. The molecule has 0 aliphatic rings. The van der Waals surface area contributed by atoms with Gasteiger partial charge in [-0.3, -0.25) is 4.79 Å². The smallest absolute Gasteiger partial charge is 0.227 e. The number of rotatable bonds is 6. The maximum Gasteiger partial charge on any atom is 0.227 e. The number of H-pyrrole nitrogens is 1. The molecule has 5 heteroatoms. The molecule has 1 heterocycles. The summed E-state index contributed by atoms with van der Waals surface area (Å²) in [5.41, 5.74) is 2.69. The highest BCUT2D eigenvalue weighted by Gasteiger charge is 2.17. The summed E-state index contributed by atoms with van der Waals surface area (Å²) in [5, 5.41) is 0.800. The zero-order valence-electron chi connectivity index (χ0n) is 13.7. The quantitative estimate of drug-likeness (QED) is 0.891. The molecule has 0 saturated carbocycles. The lowest BCUT2D eigenvalue weighted by molar-refractivity contribution is -0.130. The number of carbonyl (C=O) groups is 1. The van der Waals surface area contributed by atoms with Crippen LogP contribution in [0.1, 0.15) is 18.2 Å². The Balaban J connectivity index is 2.20. The van der Waals surface area contributed by atoms with Crippen molar-refractivity contribution in [3.05, 3.63) is 35.3 Å². The first-order valence-electron chi connectivity index (χ1n) is 7.61. The summed E-state index contributed by atoms with van der Waals surface area (Å²) >= 11 is 0. The van der Waals surface area contributed by atoms with Crippen LogP contribution in [0, 0.1) is 12.7 Å². The van der Waals surface area contributed by atoms with Gasteiger partial charge in [-0.15, -0.1) is 0 Å². The molecule has 0 atom stereocenters. The first-order valence-corrected chi connectivity index (χ1v) is 7.61. The van der Waals surface area contributed by atoms with Gasteiger partial charge in [-0.05, 0) is 51.7 Å². The number of fused-ring (bicyclic) bond motifs is 1. The molecule has 0 radical (unpaired) electrons. The summed E-state index contributed by atoms with van der Waals surface area (Å²) < 4.78 is 13.5. The molecule has 1 aromatic heterocycles. The van der Waals surface area contributed by atoms with Gasteiger partial charge in [0.2, 0.25) is 5.91 Å². The van der Waals surface area contributed by atoms with Crippen molar-refractivity contribution in [1.82, 2.24) is 14.8 Å². The number of halogens is 1. The predicted molar refractivity (Wildman–Crippen MR) is 87.5 cm³/mol. The fourth-order valence-electron chi connectivity index (χ4n) is 2.63. The van der Waals surface area contributed by atoms with Crippen LogP contribution in [0.5, 0.6) is 0 Å². The van der Waals surface area contributed by atoms with Gasteiger partial charge in [0.1, 0.15) is 5.82 Å². The molecule has 0 aliphatic carbocycles. The van der Waals surface area contributed by atoms with Gasteiger partial charge in [0.15, 0.2) is 0 Å². The molecule has 0 aliphatic heterocycles. The molecule has 1 aromatic carbocycles. The molecule has 1 N–H and O–H groups in total. The molecule has 0 bridgehead atoms. The lowest BCUT2D eigenvalue weighted by Gasteiger charge is -2.23. The van der Waals surface area contributed by atoms with E-state index >= 15 is 0 Å². The number of aryl methyl sites for hydroxylation is 1. The van der Waals surface area contributed by atoms with Gasteiger partial charge >= 0.3 is 0 Å². The van der Waals surface area contributed by atoms with Crippen molar-refractivity contribution >= 4 is 16.8 Å². The van der Waals surface area contributed by atoms with Crippen molar-refractivity contribution in [3.63, 3.8) is 0 Å². The monoisotopic (exact) mass is 305 g/mol. The van der Waals surface area contributed by atoms with Gasteiger partial charge in [-0.1, -0.05) is 0 Å². The Labute approximate surface area is 130 Å². The Hall–Kier alpha value is -1.88. The van der Waals surface area contributed by atoms with Crippen LogP contribution in [-0.2, 0) is 11.2 Å². The standard InChI is InChI=1S/C17H24FN3O/c1-5-21(9-8-20(3)4)17(22)11-14-12(2)19-16-7-6-13(18)10-15(14)16/h6-7,10,19H,5,8-9,11H2,1-4H3. The van der Waals surface area contributed by atoms with Crippen LogP contribution in [0.4, 0.5) is 4.39 Å². The van der Waals surface area contributed by atoms with Crippen LogP contribution in [0.25, 0.3) is 10.9 Å². The average molecular weight is 305 g/mol. The van der Waals surface area contributed by atoms with E-state index in [-0.39, 0.29) is 11.7 Å². The highest BCUT2D eigenvalue weighted by atomic mass is 19.1. The Morgan fingerprint density at radius 2 is 2.00 bits per heavy atom. The SMILES string of the molecule is CCN(CCN(C)C)C(=O)Cc1c(C)[nH]c2ccc(F)cc12. The van der Waals surface area contributed by atoms with Crippen molar-refractivity contribution < 1.29 is 9.18 Å². The van der Waals surface area contributed by atoms with Gasteiger partial charge in [0.05, 0.1) is 6.42 Å². The number of hydrogen-bond acceptors (Lipinski definition) is 2. The van der Waals surface area contributed by atoms with Crippen molar-refractivity contribution in [2.24, 2.45) is 0 Å². The molecule has 2 aromatic rings. The van der Waals surface area contributed by atoms with Crippen molar-refractivity contribution in [1.29, 1.82) is 0 Å². The Bertz CT molecular complexity index is 663. The van der Waals surface area contributed by atoms with Crippen LogP contribution in [0.3, 0.4) is 0 Å². The van der Waals surface area contributed by atoms with Crippen molar-refractivity contribution in [2.45, 2.75) is 20.3 Å². The predicted octanol–water partition coefficient (Wildman–Crippen LogP) is 2.57. The molecule has 2 rings (SSSR count). The summed E-state index contributed by atoms with van der Waals surface area (Å²) in [6.45, 7) is 6.13. The molecular weight excluding hydrogens is 281 g/mol. The van der Waals surface area contributed by atoms with Crippen molar-refractivity contribution in [2.75, 3.05) is 33.7 Å². The third kappa shape index (κ3) is 3.65. The summed E-state index contributed by atoms with van der Waals surface area (Å²) in [4.78, 5) is 19.7. The van der Waals surface area contributed by atoms with E-state index in [1.54, 1.807) is 6.07 Å². The first kappa shape index (κ1) is 16.5. The second kappa shape index (κ2) is 6.92. The highest BCUT2D eigenvalue weighted by Crippen LogP contribution is 2.24. The molecule has 1 amide bonds. The van der Waals surface area contributed by atoms with Crippen molar-refractivity contribution in [3.8, 4) is 0 Å². The molecule has 0 unspecified atom stereocenters. The second-order valence-corrected chi connectivity index (χ2v) is 5.87. The van der Waals surface area contributed by atoms with E-state index in [4.69, 9.17) is 0 Å². The number of carbonyl (C=O) groups excluding carboxylic acids is 1. The molecular formula is C17H24FN3O. The zero-order valence-corrected chi connectivity index (χ0v) is 13.7. The largest absolute Gasteiger partial charge is 0.358 e. The van der Waals surface area contributed by atoms with E-state index in [9.17, 15) is 9.18 Å². The summed E-state index contributed by atoms with van der Waals surface area (Å²) in [5.74, 6) is -0.197.